The zero-order valence-corrected chi connectivity index (χ0v) is 14.8. The second-order valence-corrected chi connectivity index (χ2v) is 6.24. The highest BCUT2D eigenvalue weighted by atomic mass is 16.2. The molecule has 7 nitrogen and oxygen atoms in total. The minimum Gasteiger partial charge on any atom is -0.358 e. The molecule has 2 heterocycles. The van der Waals surface area contributed by atoms with Gasteiger partial charge in [-0.2, -0.15) is 0 Å². The summed E-state index contributed by atoms with van der Waals surface area (Å²) in [5, 5.41) is 2.72. The lowest BCUT2D eigenvalue weighted by Gasteiger charge is -2.40. The summed E-state index contributed by atoms with van der Waals surface area (Å²) < 4.78 is 0. The van der Waals surface area contributed by atoms with Crippen LogP contribution in [0.4, 0.5) is 0 Å². The Bertz CT molecular complexity index is 738. The summed E-state index contributed by atoms with van der Waals surface area (Å²) in [5.41, 5.74) is 1.54. The van der Waals surface area contributed by atoms with E-state index >= 15 is 0 Å². The number of hydrogen-bond donors (Lipinski definition) is 1. The number of carbonyl (C=O) groups excluding carboxylic acids is 2. The van der Waals surface area contributed by atoms with Crippen LogP contribution in [0.3, 0.4) is 0 Å². The molecule has 1 aliphatic heterocycles. The summed E-state index contributed by atoms with van der Waals surface area (Å²) in [6.45, 7) is 2.34. The van der Waals surface area contributed by atoms with E-state index in [-0.39, 0.29) is 17.9 Å². The third-order valence-electron chi connectivity index (χ3n) is 4.64. The van der Waals surface area contributed by atoms with E-state index in [1.165, 1.54) is 24.2 Å². The van der Waals surface area contributed by atoms with E-state index in [2.05, 4.69) is 32.3 Å². The first-order chi connectivity index (χ1) is 12.7. The van der Waals surface area contributed by atoms with Gasteiger partial charge in [0.25, 0.3) is 5.91 Å². The molecule has 26 heavy (non-hydrogen) atoms. The van der Waals surface area contributed by atoms with Crippen LogP contribution in [0.1, 0.15) is 16.1 Å². The summed E-state index contributed by atoms with van der Waals surface area (Å²) >= 11 is 0. The van der Waals surface area contributed by atoms with Crippen molar-refractivity contribution in [1.82, 2.24) is 25.1 Å². The van der Waals surface area contributed by atoms with Crippen LogP contribution in [0, 0.1) is 0 Å². The van der Waals surface area contributed by atoms with Crippen LogP contribution >= 0.6 is 0 Å². The van der Waals surface area contributed by atoms with Gasteiger partial charge in [-0.1, -0.05) is 30.3 Å². The SMILES string of the molecule is CNC(=O)[C@H]1CN(C(=O)c2cnccn2)CCN1CCc1ccccc1. The molecule has 1 aliphatic rings. The zero-order valence-electron chi connectivity index (χ0n) is 14.8. The van der Waals surface area contributed by atoms with E-state index in [1.54, 1.807) is 11.9 Å². The highest BCUT2D eigenvalue weighted by Gasteiger charge is 2.34. The van der Waals surface area contributed by atoms with Crippen LogP contribution in [0.15, 0.2) is 48.9 Å². The second-order valence-electron chi connectivity index (χ2n) is 6.24. The summed E-state index contributed by atoms with van der Waals surface area (Å²) in [6.07, 6.45) is 5.36. The molecule has 2 aromatic rings. The molecule has 1 N–H and O–H groups in total. The zero-order chi connectivity index (χ0) is 18.4. The maximum Gasteiger partial charge on any atom is 0.274 e. The van der Waals surface area contributed by atoms with E-state index < -0.39 is 0 Å². The molecule has 0 unspecified atom stereocenters. The molecule has 2 amide bonds. The third kappa shape index (κ3) is 4.23. The van der Waals surface area contributed by atoms with Crippen molar-refractivity contribution < 1.29 is 9.59 Å². The Labute approximate surface area is 153 Å². The number of carbonyl (C=O) groups is 2. The average molecular weight is 353 g/mol. The predicted molar refractivity (Wildman–Crippen MR) is 97.5 cm³/mol. The fourth-order valence-electron chi connectivity index (χ4n) is 3.18. The molecular formula is C19H23N5O2. The lowest BCUT2D eigenvalue weighted by molar-refractivity contribution is -0.127. The predicted octanol–water partition coefficient (Wildman–Crippen LogP) is 0.592. The van der Waals surface area contributed by atoms with Crippen molar-refractivity contribution in [2.75, 3.05) is 33.2 Å². The van der Waals surface area contributed by atoms with Gasteiger partial charge in [-0.3, -0.25) is 19.5 Å². The van der Waals surface area contributed by atoms with Crippen molar-refractivity contribution in [3.8, 4) is 0 Å². The van der Waals surface area contributed by atoms with E-state index in [9.17, 15) is 9.59 Å². The van der Waals surface area contributed by atoms with Crippen molar-refractivity contribution >= 4 is 11.8 Å². The van der Waals surface area contributed by atoms with Gasteiger partial charge in [0.15, 0.2) is 0 Å². The summed E-state index contributed by atoms with van der Waals surface area (Å²) in [4.78, 5) is 36.8. The van der Waals surface area contributed by atoms with E-state index in [0.717, 1.165) is 13.0 Å². The van der Waals surface area contributed by atoms with Crippen molar-refractivity contribution in [2.45, 2.75) is 12.5 Å². The van der Waals surface area contributed by atoms with E-state index in [4.69, 9.17) is 0 Å². The fourth-order valence-corrected chi connectivity index (χ4v) is 3.18. The first kappa shape index (κ1) is 18.0. The molecule has 3 rings (SSSR count). The average Bonchev–Trinajstić information content (AvgIpc) is 2.72. The van der Waals surface area contributed by atoms with Gasteiger partial charge in [0.05, 0.1) is 6.20 Å². The molecule has 0 radical (unpaired) electrons. The standard InChI is InChI=1S/C19H23N5O2/c1-20-18(25)17-14-24(19(26)16-13-21-8-9-22-16)12-11-23(17)10-7-15-5-3-2-4-6-15/h2-6,8-9,13,17H,7,10-12,14H2,1H3,(H,20,25)/t17-/m1/s1. The number of hydrogen-bond acceptors (Lipinski definition) is 5. The Kier molecular flexibility index (Phi) is 5.91. The van der Waals surface area contributed by atoms with Gasteiger partial charge in [-0.25, -0.2) is 4.98 Å². The molecule has 1 saturated heterocycles. The maximum absolute atomic E-state index is 12.6. The molecular weight excluding hydrogens is 330 g/mol. The van der Waals surface area contributed by atoms with Crippen molar-refractivity contribution in [2.24, 2.45) is 0 Å². The van der Waals surface area contributed by atoms with Crippen molar-refractivity contribution in [1.29, 1.82) is 0 Å². The largest absolute Gasteiger partial charge is 0.358 e. The van der Waals surface area contributed by atoms with Crippen molar-refractivity contribution in [3.05, 3.63) is 60.2 Å². The van der Waals surface area contributed by atoms with Gasteiger partial charge in [-0.15, -0.1) is 0 Å². The fraction of sp³-hybridized carbons (Fsp3) is 0.368. The first-order valence-electron chi connectivity index (χ1n) is 8.74. The molecule has 136 valence electrons. The minimum atomic E-state index is -0.363. The van der Waals surface area contributed by atoms with Gasteiger partial charge in [-0.05, 0) is 12.0 Å². The number of likely N-dealkylation sites (N-methyl/N-ethyl adjacent to an activating group) is 1. The van der Waals surface area contributed by atoms with Gasteiger partial charge >= 0.3 is 0 Å². The van der Waals surface area contributed by atoms with E-state index in [0.29, 0.717) is 25.3 Å². The van der Waals surface area contributed by atoms with Crippen LogP contribution in [-0.2, 0) is 11.2 Å². The van der Waals surface area contributed by atoms with Crippen molar-refractivity contribution in [3.63, 3.8) is 0 Å². The molecule has 0 spiro atoms. The van der Waals surface area contributed by atoms with Crippen LogP contribution in [-0.4, -0.2) is 70.9 Å². The lowest BCUT2D eigenvalue weighted by atomic mass is 10.1. The Morgan fingerprint density at radius 1 is 1.19 bits per heavy atom. The Balaban J connectivity index is 1.67. The molecule has 0 saturated carbocycles. The molecule has 0 bridgehead atoms. The number of rotatable bonds is 5. The van der Waals surface area contributed by atoms with Crippen LogP contribution in [0.2, 0.25) is 0 Å². The Morgan fingerprint density at radius 2 is 2.00 bits per heavy atom. The molecule has 7 heteroatoms. The summed E-state index contributed by atoms with van der Waals surface area (Å²) in [6, 6.07) is 9.84. The van der Waals surface area contributed by atoms with Gasteiger partial charge in [0.1, 0.15) is 11.7 Å². The topological polar surface area (TPSA) is 78.4 Å². The number of amides is 2. The number of aromatic nitrogens is 2. The highest BCUT2D eigenvalue weighted by Crippen LogP contribution is 2.14. The minimum absolute atomic E-state index is 0.0743. The quantitative estimate of drug-likeness (QED) is 0.851. The van der Waals surface area contributed by atoms with Crippen LogP contribution in [0.25, 0.3) is 0 Å². The summed E-state index contributed by atoms with van der Waals surface area (Å²) in [5.74, 6) is -0.260. The lowest BCUT2D eigenvalue weighted by Crippen LogP contribution is -2.60. The number of nitrogens with one attached hydrogen (secondary N) is 1. The number of piperazine rings is 1. The number of nitrogens with zero attached hydrogens (tertiary/aromatic N) is 4. The normalized spacial score (nSPS) is 17.7. The first-order valence-corrected chi connectivity index (χ1v) is 8.74. The highest BCUT2D eigenvalue weighted by molar-refractivity contribution is 5.93. The van der Waals surface area contributed by atoms with Crippen LogP contribution in [0.5, 0.6) is 0 Å². The molecule has 1 aromatic carbocycles. The molecule has 1 aromatic heterocycles. The Morgan fingerprint density at radius 3 is 2.69 bits per heavy atom. The monoisotopic (exact) mass is 353 g/mol. The number of benzene rings is 1. The summed E-state index contributed by atoms with van der Waals surface area (Å²) in [7, 11) is 1.63. The molecule has 0 aliphatic carbocycles. The second kappa shape index (κ2) is 8.53. The molecule has 1 fully saturated rings. The van der Waals surface area contributed by atoms with Crippen LogP contribution < -0.4 is 5.32 Å². The smallest absolute Gasteiger partial charge is 0.274 e. The molecule has 1 atom stereocenters. The van der Waals surface area contributed by atoms with E-state index in [1.807, 2.05) is 18.2 Å². The maximum atomic E-state index is 12.6. The van der Waals surface area contributed by atoms with Gasteiger partial charge < -0.3 is 10.2 Å². The van der Waals surface area contributed by atoms with Gasteiger partial charge in [0, 0.05) is 45.6 Å². The Hall–Kier alpha value is -2.80. The van der Waals surface area contributed by atoms with Gasteiger partial charge in [0.2, 0.25) is 5.91 Å². The third-order valence-corrected chi connectivity index (χ3v) is 4.64.